The Kier molecular flexibility index (Phi) is 6.67. The first-order valence-electron chi connectivity index (χ1n) is 7.94. The maximum Gasteiger partial charge on any atom is 0.262 e. The van der Waals surface area contributed by atoms with Gasteiger partial charge >= 0.3 is 0 Å². The number of amides is 1. The average Bonchev–Trinajstić information content (AvgIpc) is 2.55. The molecular weight excluding hydrogens is 370 g/mol. The number of rotatable bonds is 7. The van der Waals surface area contributed by atoms with Gasteiger partial charge in [0.1, 0.15) is 11.5 Å². The largest absolute Gasteiger partial charge is 0.494 e. The van der Waals surface area contributed by atoms with Crippen molar-refractivity contribution in [2.24, 2.45) is 0 Å². The van der Waals surface area contributed by atoms with Gasteiger partial charge in [0.2, 0.25) is 0 Å². The minimum absolute atomic E-state index is 0.0488. The summed E-state index contributed by atoms with van der Waals surface area (Å²) in [6.45, 7) is 6.76. The highest BCUT2D eigenvalue weighted by Crippen LogP contribution is 2.28. The number of ether oxygens (including phenoxy) is 2. The van der Waals surface area contributed by atoms with Crippen LogP contribution in [0, 0.1) is 0 Å². The van der Waals surface area contributed by atoms with Crippen LogP contribution in [0.5, 0.6) is 11.5 Å². The van der Waals surface area contributed by atoms with Crippen molar-refractivity contribution in [3.05, 3.63) is 52.5 Å². The molecule has 0 spiro atoms. The van der Waals surface area contributed by atoms with E-state index < -0.39 is 0 Å². The predicted molar refractivity (Wildman–Crippen MR) is 100.0 cm³/mol. The number of halogens is 1. The second-order valence-electron chi connectivity index (χ2n) is 5.64. The van der Waals surface area contributed by atoms with Gasteiger partial charge in [-0.05, 0) is 70.7 Å². The Morgan fingerprint density at radius 3 is 2.42 bits per heavy atom. The Hall–Kier alpha value is -2.01. The number of benzene rings is 2. The zero-order valence-corrected chi connectivity index (χ0v) is 15.7. The summed E-state index contributed by atoms with van der Waals surface area (Å²) < 4.78 is 11.8. The van der Waals surface area contributed by atoms with Crippen molar-refractivity contribution >= 4 is 27.5 Å². The zero-order valence-electron chi connectivity index (χ0n) is 14.1. The van der Waals surface area contributed by atoms with Crippen LogP contribution in [-0.4, -0.2) is 19.1 Å². The molecule has 0 radical (unpaired) electrons. The number of hydrogen-bond acceptors (Lipinski definition) is 3. The van der Waals surface area contributed by atoms with Crippen LogP contribution in [-0.2, 0) is 4.79 Å². The van der Waals surface area contributed by atoms with Gasteiger partial charge in [-0.1, -0.05) is 19.9 Å². The molecule has 0 aromatic heterocycles. The van der Waals surface area contributed by atoms with Crippen LogP contribution in [0.15, 0.2) is 46.9 Å². The number of hydrogen-bond donors (Lipinski definition) is 1. The lowest BCUT2D eigenvalue weighted by Gasteiger charge is -2.12. The summed E-state index contributed by atoms with van der Waals surface area (Å²) >= 11 is 3.48. The van der Waals surface area contributed by atoms with Crippen LogP contribution >= 0.6 is 15.9 Å². The van der Waals surface area contributed by atoms with Gasteiger partial charge in [-0.2, -0.15) is 0 Å². The quantitative estimate of drug-likeness (QED) is 0.722. The second kappa shape index (κ2) is 8.73. The van der Waals surface area contributed by atoms with Crippen LogP contribution in [0.2, 0.25) is 0 Å². The molecule has 1 N–H and O–H groups in total. The van der Waals surface area contributed by atoms with Gasteiger partial charge < -0.3 is 14.8 Å². The average molecular weight is 392 g/mol. The third-order valence-corrected chi connectivity index (χ3v) is 4.05. The molecule has 128 valence electrons. The van der Waals surface area contributed by atoms with Crippen LogP contribution in [0.3, 0.4) is 0 Å². The van der Waals surface area contributed by atoms with Gasteiger partial charge in [0, 0.05) is 5.69 Å². The van der Waals surface area contributed by atoms with Gasteiger partial charge in [0.05, 0.1) is 11.1 Å². The van der Waals surface area contributed by atoms with Crippen LogP contribution in [0.4, 0.5) is 5.69 Å². The maximum absolute atomic E-state index is 12.0. The van der Waals surface area contributed by atoms with Gasteiger partial charge in [0.25, 0.3) is 5.91 Å². The molecule has 0 atom stereocenters. The predicted octanol–water partition coefficient (Wildman–Crippen LogP) is 4.99. The Morgan fingerprint density at radius 2 is 1.83 bits per heavy atom. The van der Waals surface area contributed by atoms with Crippen molar-refractivity contribution in [2.45, 2.75) is 26.7 Å². The van der Waals surface area contributed by atoms with Crippen LogP contribution in [0.1, 0.15) is 32.3 Å². The molecule has 0 fully saturated rings. The number of carbonyl (C=O) groups excluding carboxylic acids is 1. The first-order chi connectivity index (χ1) is 11.5. The Labute approximate surface area is 151 Å². The van der Waals surface area contributed by atoms with E-state index in [4.69, 9.17) is 9.47 Å². The molecule has 1 amide bonds. The molecular formula is C19H22BrNO3. The minimum atomic E-state index is -0.209. The molecule has 0 saturated heterocycles. The fourth-order valence-corrected chi connectivity index (χ4v) is 2.65. The van der Waals surface area contributed by atoms with E-state index in [9.17, 15) is 4.79 Å². The van der Waals surface area contributed by atoms with Crippen molar-refractivity contribution in [3.8, 4) is 11.5 Å². The number of anilines is 1. The molecule has 0 saturated carbocycles. The van der Waals surface area contributed by atoms with Crippen molar-refractivity contribution in [2.75, 3.05) is 18.5 Å². The van der Waals surface area contributed by atoms with Crippen LogP contribution < -0.4 is 14.8 Å². The lowest BCUT2D eigenvalue weighted by atomic mass is 10.0. The van der Waals surface area contributed by atoms with E-state index in [1.807, 2.05) is 37.3 Å². The molecule has 5 heteroatoms. The number of nitrogens with one attached hydrogen (secondary N) is 1. The molecule has 0 aliphatic heterocycles. The van der Waals surface area contributed by atoms with Crippen molar-refractivity contribution in [3.63, 3.8) is 0 Å². The fraction of sp³-hybridized carbons (Fsp3) is 0.316. The molecule has 0 bridgehead atoms. The van der Waals surface area contributed by atoms with Crippen molar-refractivity contribution in [1.82, 2.24) is 0 Å². The Balaban J connectivity index is 1.89. The smallest absolute Gasteiger partial charge is 0.262 e. The van der Waals surface area contributed by atoms with Crippen molar-refractivity contribution in [1.29, 1.82) is 0 Å². The molecule has 0 heterocycles. The monoisotopic (exact) mass is 391 g/mol. The summed E-state index contributed by atoms with van der Waals surface area (Å²) in [5, 5.41) is 2.80. The highest BCUT2D eigenvalue weighted by Gasteiger charge is 2.08. The molecule has 2 aromatic rings. The molecule has 0 aliphatic carbocycles. The zero-order chi connectivity index (χ0) is 17.5. The summed E-state index contributed by atoms with van der Waals surface area (Å²) in [5.41, 5.74) is 1.93. The number of carbonyl (C=O) groups is 1. The first kappa shape index (κ1) is 18.3. The highest BCUT2D eigenvalue weighted by molar-refractivity contribution is 9.10. The highest BCUT2D eigenvalue weighted by atomic mass is 79.9. The molecule has 0 unspecified atom stereocenters. The van der Waals surface area contributed by atoms with E-state index in [-0.39, 0.29) is 12.5 Å². The molecule has 0 aliphatic rings. The SMILES string of the molecule is CCOc1ccc(NC(=O)COc2ccc(C(C)C)cc2Br)cc1. The third kappa shape index (κ3) is 5.27. The van der Waals surface area contributed by atoms with E-state index in [0.29, 0.717) is 24.0 Å². The fourth-order valence-electron chi connectivity index (χ4n) is 2.13. The third-order valence-electron chi connectivity index (χ3n) is 3.43. The topological polar surface area (TPSA) is 47.6 Å². The van der Waals surface area contributed by atoms with Gasteiger partial charge in [-0.3, -0.25) is 4.79 Å². The van der Waals surface area contributed by atoms with Crippen molar-refractivity contribution < 1.29 is 14.3 Å². The molecule has 2 aromatic carbocycles. The summed E-state index contributed by atoms with van der Waals surface area (Å²) in [6, 6.07) is 13.2. The Morgan fingerprint density at radius 1 is 1.12 bits per heavy atom. The van der Waals surface area contributed by atoms with Gasteiger partial charge in [0.15, 0.2) is 6.61 Å². The Bertz CT molecular complexity index is 684. The van der Waals surface area contributed by atoms with Gasteiger partial charge in [-0.25, -0.2) is 0 Å². The molecule has 24 heavy (non-hydrogen) atoms. The lowest BCUT2D eigenvalue weighted by molar-refractivity contribution is -0.118. The lowest BCUT2D eigenvalue weighted by Crippen LogP contribution is -2.20. The van der Waals surface area contributed by atoms with E-state index >= 15 is 0 Å². The van der Waals surface area contributed by atoms with E-state index in [0.717, 1.165) is 10.2 Å². The normalized spacial score (nSPS) is 10.5. The maximum atomic E-state index is 12.0. The second-order valence-corrected chi connectivity index (χ2v) is 6.49. The van der Waals surface area contributed by atoms with Crippen LogP contribution in [0.25, 0.3) is 0 Å². The minimum Gasteiger partial charge on any atom is -0.494 e. The van der Waals surface area contributed by atoms with E-state index in [1.165, 1.54) is 5.56 Å². The van der Waals surface area contributed by atoms with E-state index in [1.54, 1.807) is 12.1 Å². The van der Waals surface area contributed by atoms with Gasteiger partial charge in [-0.15, -0.1) is 0 Å². The summed E-state index contributed by atoms with van der Waals surface area (Å²) in [7, 11) is 0. The van der Waals surface area contributed by atoms with E-state index in [2.05, 4.69) is 35.1 Å². The summed E-state index contributed by atoms with van der Waals surface area (Å²) in [5.74, 6) is 1.67. The first-order valence-corrected chi connectivity index (χ1v) is 8.74. The summed E-state index contributed by atoms with van der Waals surface area (Å²) in [4.78, 5) is 12.0. The molecule has 2 rings (SSSR count). The standard InChI is InChI=1S/C19H22BrNO3/c1-4-23-16-8-6-15(7-9-16)21-19(22)12-24-18-10-5-14(13(2)3)11-17(18)20/h5-11,13H,4,12H2,1-3H3,(H,21,22). The summed E-state index contributed by atoms with van der Waals surface area (Å²) in [6.07, 6.45) is 0. The molecule has 4 nitrogen and oxygen atoms in total.